The van der Waals surface area contributed by atoms with Gasteiger partial charge in [0.2, 0.25) is 0 Å². The van der Waals surface area contributed by atoms with Crippen LogP contribution in [0, 0.1) is 0 Å². The van der Waals surface area contributed by atoms with E-state index in [2.05, 4.69) is 37.4 Å². The van der Waals surface area contributed by atoms with Crippen LogP contribution in [0.15, 0.2) is 11.2 Å². The summed E-state index contributed by atoms with van der Waals surface area (Å²) in [6, 6.07) is 0. The molecule has 0 saturated carbocycles. The van der Waals surface area contributed by atoms with Gasteiger partial charge < -0.3 is 20.9 Å². The fraction of sp³-hybridized carbons (Fsp3) is 0.636. The Balaban J connectivity index is 2.10. The van der Waals surface area contributed by atoms with Crippen molar-refractivity contribution >= 4 is 17.3 Å². The summed E-state index contributed by atoms with van der Waals surface area (Å²) in [6.45, 7) is 4.66. The average molecular weight is 251 g/mol. The van der Waals surface area contributed by atoms with E-state index in [4.69, 9.17) is 5.73 Å². The van der Waals surface area contributed by atoms with Crippen molar-refractivity contribution in [3.05, 3.63) is 6.20 Å². The molecule has 0 bridgehead atoms. The van der Waals surface area contributed by atoms with Crippen molar-refractivity contribution in [1.82, 2.24) is 20.4 Å². The summed E-state index contributed by atoms with van der Waals surface area (Å²) < 4.78 is 0. The fourth-order valence-electron chi connectivity index (χ4n) is 2.00. The van der Waals surface area contributed by atoms with Gasteiger partial charge in [0.15, 0.2) is 5.82 Å². The molecule has 1 aromatic rings. The summed E-state index contributed by atoms with van der Waals surface area (Å²) in [5.74, 6) is 1.30. The van der Waals surface area contributed by atoms with Crippen molar-refractivity contribution in [2.75, 3.05) is 51.7 Å². The number of piperazine rings is 1. The molecule has 7 nitrogen and oxygen atoms in total. The van der Waals surface area contributed by atoms with Crippen LogP contribution in [0.1, 0.15) is 0 Å². The fourth-order valence-corrected chi connectivity index (χ4v) is 2.00. The second kappa shape index (κ2) is 5.83. The smallest absolute Gasteiger partial charge is 0.173 e. The first-order valence-corrected chi connectivity index (χ1v) is 6.15. The van der Waals surface area contributed by atoms with Crippen LogP contribution in [0.4, 0.5) is 11.5 Å². The van der Waals surface area contributed by atoms with Crippen molar-refractivity contribution in [3.8, 4) is 0 Å². The zero-order chi connectivity index (χ0) is 13.0. The maximum Gasteiger partial charge on any atom is 0.173 e. The van der Waals surface area contributed by atoms with Gasteiger partial charge in [0.25, 0.3) is 0 Å². The lowest BCUT2D eigenvalue weighted by Gasteiger charge is -2.33. The number of nitrogens with zero attached hydrogens (tertiary/aromatic N) is 4. The molecule has 0 aromatic carbocycles. The third-order valence-corrected chi connectivity index (χ3v) is 3.06. The maximum absolute atomic E-state index is 5.81. The minimum absolute atomic E-state index is 0.553. The number of rotatable bonds is 4. The highest BCUT2D eigenvalue weighted by Crippen LogP contribution is 2.26. The van der Waals surface area contributed by atoms with Gasteiger partial charge >= 0.3 is 0 Å². The van der Waals surface area contributed by atoms with E-state index >= 15 is 0 Å². The molecule has 0 radical (unpaired) electrons. The summed E-state index contributed by atoms with van der Waals surface area (Å²) in [5.41, 5.74) is 6.84. The Hall–Kier alpha value is -1.60. The molecule has 0 spiro atoms. The highest BCUT2D eigenvalue weighted by molar-refractivity contribution is 5.86. The van der Waals surface area contributed by atoms with Gasteiger partial charge in [-0.05, 0) is 14.1 Å². The number of likely N-dealkylation sites (N-methyl/N-ethyl adjacent to an activating group) is 2. The number of hydrogen-bond donors (Lipinski definition) is 3. The molecule has 0 amide bonds. The molecule has 4 N–H and O–H groups in total. The Kier molecular flexibility index (Phi) is 4.16. The highest BCUT2D eigenvalue weighted by atomic mass is 15.3. The molecule has 0 aliphatic carbocycles. The summed E-state index contributed by atoms with van der Waals surface area (Å²) in [5, 5.41) is 9.94. The van der Waals surface area contributed by atoms with Crippen molar-refractivity contribution in [3.63, 3.8) is 0 Å². The Labute approximate surface area is 107 Å². The lowest BCUT2D eigenvalue weighted by atomic mass is 10.3. The first kappa shape index (κ1) is 12.8. The van der Waals surface area contributed by atoms with Gasteiger partial charge in [-0.15, -0.1) is 0 Å². The van der Waals surface area contributed by atoms with Gasteiger partial charge in [0, 0.05) is 26.2 Å². The number of nitrogens with one attached hydrogen (secondary N) is 2. The summed E-state index contributed by atoms with van der Waals surface area (Å²) in [4.78, 5) is 8.96. The van der Waals surface area contributed by atoms with Crippen LogP contribution in [0.25, 0.3) is 0 Å². The van der Waals surface area contributed by atoms with Gasteiger partial charge in [-0.25, -0.2) is 4.99 Å². The second-order valence-corrected chi connectivity index (χ2v) is 4.53. The highest BCUT2D eigenvalue weighted by Gasteiger charge is 2.18. The molecule has 100 valence electrons. The summed E-state index contributed by atoms with van der Waals surface area (Å²) in [6.07, 6.45) is 1.82. The zero-order valence-electron chi connectivity index (χ0n) is 11.0. The number of nitrogens with two attached hydrogens (primary N) is 1. The third kappa shape index (κ3) is 2.99. The molecule has 1 aliphatic rings. The van der Waals surface area contributed by atoms with Crippen LogP contribution in [-0.2, 0) is 0 Å². The molecule has 0 atom stereocenters. The molecule has 2 heterocycles. The van der Waals surface area contributed by atoms with E-state index < -0.39 is 0 Å². The van der Waals surface area contributed by atoms with Gasteiger partial charge in [0.05, 0.1) is 12.7 Å². The molecular weight excluding hydrogens is 230 g/mol. The van der Waals surface area contributed by atoms with Crippen molar-refractivity contribution in [1.29, 1.82) is 0 Å². The topological polar surface area (TPSA) is 85.6 Å². The molecule has 1 aromatic heterocycles. The first-order chi connectivity index (χ1) is 8.70. The van der Waals surface area contributed by atoms with E-state index in [0.29, 0.717) is 12.4 Å². The van der Waals surface area contributed by atoms with Crippen LogP contribution < -0.4 is 16.0 Å². The molecule has 1 saturated heterocycles. The molecule has 1 fully saturated rings. The Morgan fingerprint density at radius 1 is 1.50 bits per heavy atom. The molecular formula is C11H21N7. The van der Waals surface area contributed by atoms with Gasteiger partial charge in [-0.2, -0.15) is 5.10 Å². The number of aromatic nitrogens is 2. The predicted molar refractivity (Wildman–Crippen MR) is 73.5 cm³/mol. The average Bonchev–Trinajstić information content (AvgIpc) is 2.78. The minimum atomic E-state index is 0.553. The van der Waals surface area contributed by atoms with Crippen LogP contribution in [0.2, 0.25) is 0 Å². The van der Waals surface area contributed by atoms with Crippen molar-refractivity contribution < 1.29 is 0 Å². The quantitative estimate of drug-likeness (QED) is 0.490. The molecule has 7 heteroatoms. The first-order valence-electron chi connectivity index (χ1n) is 6.15. The number of H-pyrrole nitrogens is 1. The Morgan fingerprint density at radius 2 is 2.22 bits per heavy atom. The van der Waals surface area contributed by atoms with E-state index in [1.807, 2.05) is 13.2 Å². The number of hydrogen-bond acceptors (Lipinski definition) is 5. The normalized spacial score (nSPS) is 18.3. The van der Waals surface area contributed by atoms with E-state index in [0.717, 1.165) is 37.7 Å². The van der Waals surface area contributed by atoms with E-state index in [1.165, 1.54) is 0 Å². The number of amidine groups is 1. The molecule has 1 aliphatic heterocycles. The summed E-state index contributed by atoms with van der Waals surface area (Å²) >= 11 is 0. The van der Waals surface area contributed by atoms with Crippen molar-refractivity contribution in [2.45, 2.75) is 0 Å². The van der Waals surface area contributed by atoms with Gasteiger partial charge in [0.1, 0.15) is 11.5 Å². The van der Waals surface area contributed by atoms with Crippen LogP contribution in [-0.4, -0.2) is 67.8 Å². The molecule has 0 unspecified atom stereocenters. The Bertz CT molecular complexity index is 403. The number of aromatic amines is 1. The number of aliphatic imine (C=N–C) groups is 1. The van der Waals surface area contributed by atoms with Crippen LogP contribution in [0.5, 0.6) is 0 Å². The van der Waals surface area contributed by atoms with Crippen molar-refractivity contribution in [2.24, 2.45) is 10.7 Å². The monoisotopic (exact) mass is 251 g/mol. The molecule has 18 heavy (non-hydrogen) atoms. The van der Waals surface area contributed by atoms with Crippen LogP contribution in [0.3, 0.4) is 0 Å². The van der Waals surface area contributed by atoms with Crippen LogP contribution >= 0.6 is 0 Å². The molecule has 2 rings (SSSR count). The summed E-state index contributed by atoms with van der Waals surface area (Å²) in [7, 11) is 3.98. The lowest BCUT2D eigenvalue weighted by Crippen LogP contribution is -2.44. The zero-order valence-corrected chi connectivity index (χ0v) is 11.0. The standard InChI is InChI=1S/C11H21N7/c1-13-8-10(12)15-11-9(7-14-16-11)18-5-3-17(2)4-6-18/h7,13H,3-6,8H2,1-2H3,(H3,12,14,15,16). The van der Waals surface area contributed by atoms with E-state index in [1.54, 1.807) is 0 Å². The Morgan fingerprint density at radius 3 is 2.89 bits per heavy atom. The number of anilines is 1. The minimum Gasteiger partial charge on any atom is -0.386 e. The maximum atomic E-state index is 5.81. The SMILES string of the molecule is CNCC(N)=Nc1[nH]ncc1N1CCN(C)CC1. The van der Waals surface area contributed by atoms with Gasteiger partial charge in [-0.3, -0.25) is 5.10 Å². The van der Waals surface area contributed by atoms with E-state index in [9.17, 15) is 0 Å². The lowest BCUT2D eigenvalue weighted by molar-refractivity contribution is 0.313. The predicted octanol–water partition coefficient (Wildman–Crippen LogP) is -0.630. The van der Waals surface area contributed by atoms with Gasteiger partial charge in [-0.1, -0.05) is 0 Å². The largest absolute Gasteiger partial charge is 0.386 e. The second-order valence-electron chi connectivity index (χ2n) is 4.53. The third-order valence-electron chi connectivity index (χ3n) is 3.06. The van der Waals surface area contributed by atoms with E-state index in [-0.39, 0.29) is 0 Å².